The highest BCUT2D eigenvalue weighted by Crippen LogP contribution is 2.15. The Morgan fingerprint density at radius 3 is 2.71 bits per heavy atom. The number of nitrogens with zero attached hydrogens (tertiary/aromatic N) is 2. The van der Waals surface area contributed by atoms with Crippen molar-refractivity contribution in [3.05, 3.63) is 75.8 Å². The van der Waals surface area contributed by atoms with E-state index < -0.39 is 28.7 Å². The average molecular weight is 485 g/mol. The molecule has 1 atom stereocenters. The van der Waals surface area contributed by atoms with Gasteiger partial charge in [0.2, 0.25) is 5.91 Å². The molecule has 0 spiro atoms. The minimum atomic E-state index is -0.937. The number of benzene rings is 2. The normalized spacial score (nSPS) is 15.2. The second-order valence-electron chi connectivity index (χ2n) is 7.58. The number of nitro groups is 1. The number of ether oxygens (including phenoxy) is 1. The molecule has 178 valence electrons. The number of nitro benzene ring substituents is 1. The summed E-state index contributed by atoms with van der Waals surface area (Å²) in [5.41, 5.74) is 0.956. The number of non-ortho nitro benzene ring substituents is 1. The Balaban J connectivity index is 1.55. The van der Waals surface area contributed by atoms with E-state index >= 15 is 0 Å². The van der Waals surface area contributed by atoms with Gasteiger partial charge in [-0.3, -0.25) is 29.8 Å². The maximum Gasteiger partial charge on any atom is 0.308 e. The van der Waals surface area contributed by atoms with Crippen molar-refractivity contribution in [2.45, 2.75) is 25.3 Å². The first-order valence-corrected chi connectivity index (χ1v) is 11.1. The molecule has 0 aromatic heterocycles. The monoisotopic (exact) mass is 484 g/mol. The third kappa shape index (κ3) is 6.82. The predicted molar refractivity (Wildman–Crippen MR) is 127 cm³/mol. The van der Waals surface area contributed by atoms with E-state index in [-0.39, 0.29) is 42.5 Å². The number of esters is 1. The molecule has 1 unspecified atom stereocenters. The number of hydrogen-bond donors (Lipinski definition) is 2. The Kier molecular flexibility index (Phi) is 8.63. The largest absolute Gasteiger partial charge is 0.466 e. The van der Waals surface area contributed by atoms with Crippen LogP contribution in [0.15, 0.2) is 54.6 Å². The molecule has 0 saturated carbocycles. The van der Waals surface area contributed by atoms with Crippen LogP contribution in [-0.2, 0) is 20.7 Å². The van der Waals surface area contributed by atoms with Gasteiger partial charge in [-0.05, 0) is 36.7 Å². The molecule has 3 rings (SSSR count). The summed E-state index contributed by atoms with van der Waals surface area (Å²) in [6.07, 6.45) is 1.18. The molecule has 11 heteroatoms. The standard InChI is InChI=1S/C23H24N4O6S/c28-20(33-13-5-8-16-6-2-1-3-7-16)15-19-22(30)24-11-12-26(19)23(34)25-21(29)17-9-4-10-18(14-17)27(31)32/h1-4,6-7,9-10,14,19H,5,8,11-13,15H2,(H,24,30)(H,25,29,34). The number of carbonyl (C=O) groups is 3. The molecule has 1 saturated heterocycles. The lowest BCUT2D eigenvalue weighted by atomic mass is 10.1. The number of hydrogen-bond acceptors (Lipinski definition) is 7. The van der Waals surface area contributed by atoms with Gasteiger partial charge in [-0.1, -0.05) is 36.4 Å². The summed E-state index contributed by atoms with van der Waals surface area (Å²) in [5, 5.41) is 16.1. The lowest BCUT2D eigenvalue weighted by Gasteiger charge is -2.36. The fourth-order valence-corrected chi connectivity index (χ4v) is 3.80. The summed E-state index contributed by atoms with van der Waals surface area (Å²) in [5.74, 6) is -1.60. The quantitative estimate of drug-likeness (QED) is 0.191. The first-order valence-electron chi connectivity index (χ1n) is 10.7. The molecule has 0 bridgehead atoms. The minimum absolute atomic E-state index is 0.0479. The number of amides is 2. The van der Waals surface area contributed by atoms with E-state index in [9.17, 15) is 24.5 Å². The fourth-order valence-electron chi connectivity index (χ4n) is 3.49. The van der Waals surface area contributed by atoms with E-state index in [1.54, 1.807) is 0 Å². The second-order valence-corrected chi connectivity index (χ2v) is 7.97. The Labute approximate surface area is 201 Å². The van der Waals surface area contributed by atoms with Crippen LogP contribution in [0, 0.1) is 10.1 Å². The second kappa shape index (κ2) is 11.8. The minimum Gasteiger partial charge on any atom is -0.466 e. The van der Waals surface area contributed by atoms with Gasteiger partial charge in [0.05, 0.1) is 18.0 Å². The van der Waals surface area contributed by atoms with Crippen LogP contribution in [0.3, 0.4) is 0 Å². The van der Waals surface area contributed by atoms with E-state index in [0.29, 0.717) is 6.42 Å². The van der Waals surface area contributed by atoms with Crippen LogP contribution in [-0.4, -0.2) is 58.5 Å². The van der Waals surface area contributed by atoms with E-state index in [1.807, 2.05) is 30.3 Å². The van der Waals surface area contributed by atoms with Crippen molar-refractivity contribution in [3.63, 3.8) is 0 Å². The summed E-state index contributed by atoms with van der Waals surface area (Å²) in [6, 6.07) is 14.1. The zero-order valence-electron chi connectivity index (χ0n) is 18.3. The Hall–Kier alpha value is -3.86. The number of thiocarbonyl (C=S) groups is 1. The van der Waals surface area contributed by atoms with Crippen LogP contribution >= 0.6 is 12.2 Å². The molecule has 0 aliphatic carbocycles. The summed E-state index contributed by atoms with van der Waals surface area (Å²) in [7, 11) is 0. The molecule has 0 radical (unpaired) electrons. The van der Waals surface area contributed by atoms with Crippen LogP contribution < -0.4 is 10.6 Å². The van der Waals surface area contributed by atoms with Crippen molar-refractivity contribution in [1.82, 2.24) is 15.5 Å². The topological polar surface area (TPSA) is 131 Å². The maximum atomic E-state index is 12.5. The van der Waals surface area contributed by atoms with Gasteiger partial charge in [-0.25, -0.2) is 0 Å². The third-order valence-electron chi connectivity index (χ3n) is 5.21. The van der Waals surface area contributed by atoms with Crippen molar-refractivity contribution in [3.8, 4) is 0 Å². The van der Waals surface area contributed by atoms with Crippen molar-refractivity contribution >= 4 is 40.8 Å². The zero-order chi connectivity index (χ0) is 24.5. The molecule has 1 aliphatic rings. The van der Waals surface area contributed by atoms with Crippen LogP contribution in [0.2, 0.25) is 0 Å². The van der Waals surface area contributed by atoms with Gasteiger partial charge in [0.15, 0.2) is 5.11 Å². The lowest BCUT2D eigenvalue weighted by Crippen LogP contribution is -2.60. The zero-order valence-corrected chi connectivity index (χ0v) is 19.1. The Morgan fingerprint density at radius 1 is 1.21 bits per heavy atom. The highest BCUT2D eigenvalue weighted by atomic mass is 32.1. The highest BCUT2D eigenvalue weighted by Gasteiger charge is 2.34. The van der Waals surface area contributed by atoms with Gasteiger partial charge >= 0.3 is 5.97 Å². The highest BCUT2D eigenvalue weighted by molar-refractivity contribution is 7.80. The van der Waals surface area contributed by atoms with Gasteiger partial charge in [0.1, 0.15) is 6.04 Å². The van der Waals surface area contributed by atoms with Crippen molar-refractivity contribution < 1.29 is 24.0 Å². The molecule has 2 N–H and O–H groups in total. The molecule has 2 aromatic rings. The van der Waals surface area contributed by atoms with Crippen LogP contribution in [0.25, 0.3) is 0 Å². The number of carbonyl (C=O) groups excluding carboxylic acids is 3. The summed E-state index contributed by atoms with van der Waals surface area (Å²) in [6.45, 7) is 0.788. The van der Waals surface area contributed by atoms with Crippen molar-refractivity contribution in [2.75, 3.05) is 19.7 Å². The molecule has 1 fully saturated rings. The van der Waals surface area contributed by atoms with Gasteiger partial charge in [0.25, 0.3) is 11.6 Å². The number of piperazine rings is 1. The molecular formula is C23H24N4O6S. The van der Waals surface area contributed by atoms with Gasteiger partial charge in [-0.15, -0.1) is 0 Å². The summed E-state index contributed by atoms with van der Waals surface area (Å²) < 4.78 is 5.29. The SMILES string of the molecule is O=C(CC1C(=O)NCCN1C(=S)NC(=O)c1cccc([N+](=O)[O-])c1)OCCCc1ccccc1. The lowest BCUT2D eigenvalue weighted by molar-refractivity contribution is -0.384. The number of nitrogens with one attached hydrogen (secondary N) is 2. The molecule has 2 aromatic carbocycles. The van der Waals surface area contributed by atoms with Crippen LogP contribution in [0.5, 0.6) is 0 Å². The average Bonchev–Trinajstić information content (AvgIpc) is 2.83. The number of rotatable bonds is 8. The van der Waals surface area contributed by atoms with Gasteiger partial charge in [0, 0.05) is 30.8 Å². The Bertz CT molecular complexity index is 1080. The predicted octanol–water partition coefficient (Wildman–Crippen LogP) is 1.98. The summed E-state index contributed by atoms with van der Waals surface area (Å²) >= 11 is 5.31. The van der Waals surface area contributed by atoms with Crippen LogP contribution in [0.4, 0.5) is 5.69 Å². The molecule has 1 heterocycles. The molecule has 34 heavy (non-hydrogen) atoms. The Morgan fingerprint density at radius 2 is 1.97 bits per heavy atom. The van der Waals surface area contributed by atoms with Crippen LogP contribution in [0.1, 0.15) is 28.8 Å². The molecule has 1 aliphatic heterocycles. The van der Waals surface area contributed by atoms with E-state index in [0.717, 1.165) is 18.1 Å². The first-order chi connectivity index (χ1) is 16.3. The maximum absolute atomic E-state index is 12.5. The third-order valence-corrected chi connectivity index (χ3v) is 5.54. The first kappa shape index (κ1) is 24.8. The smallest absolute Gasteiger partial charge is 0.308 e. The van der Waals surface area contributed by atoms with E-state index in [4.69, 9.17) is 17.0 Å². The fraction of sp³-hybridized carbons (Fsp3) is 0.304. The molecule has 2 amide bonds. The number of aryl methyl sites for hydroxylation is 1. The van der Waals surface area contributed by atoms with Crippen molar-refractivity contribution in [2.24, 2.45) is 0 Å². The molecular weight excluding hydrogens is 460 g/mol. The van der Waals surface area contributed by atoms with E-state index in [2.05, 4.69) is 10.6 Å². The van der Waals surface area contributed by atoms with E-state index in [1.165, 1.54) is 23.1 Å². The van der Waals surface area contributed by atoms with Crippen molar-refractivity contribution in [1.29, 1.82) is 0 Å². The van der Waals surface area contributed by atoms with Gasteiger partial charge in [-0.2, -0.15) is 0 Å². The molecule has 10 nitrogen and oxygen atoms in total. The van der Waals surface area contributed by atoms with Gasteiger partial charge < -0.3 is 15.0 Å². The summed E-state index contributed by atoms with van der Waals surface area (Å²) in [4.78, 5) is 49.1.